The fraction of sp³-hybridized carbons (Fsp3) is 0.895. The summed E-state index contributed by atoms with van der Waals surface area (Å²) in [5, 5.41) is 0. The van der Waals surface area contributed by atoms with Crippen LogP contribution < -0.4 is 0 Å². The van der Waals surface area contributed by atoms with Gasteiger partial charge in [0.1, 0.15) is 5.78 Å². The van der Waals surface area contributed by atoms with Crippen LogP contribution in [-0.4, -0.2) is 16.4 Å². The summed E-state index contributed by atoms with van der Waals surface area (Å²) in [4.78, 5) is 25.3. The van der Waals surface area contributed by atoms with Gasteiger partial charge in [-0.3, -0.25) is 9.59 Å². The molecule has 122 valence electrons. The van der Waals surface area contributed by atoms with Gasteiger partial charge in [0.2, 0.25) is 0 Å². The number of carbonyl (C=O) groups excluding carboxylic acids is 2. The third-order valence-corrected chi connectivity index (χ3v) is 9.56. The second kappa shape index (κ2) is 4.91. The van der Waals surface area contributed by atoms with E-state index in [1.165, 1.54) is 25.7 Å². The highest BCUT2D eigenvalue weighted by atomic mass is 79.9. The number of ketones is 2. The van der Waals surface area contributed by atoms with Crippen LogP contribution in [0.1, 0.15) is 65.2 Å². The molecule has 0 aromatic heterocycles. The molecule has 4 aliphatic rings. The molecule has 4 aliphatic carbocycles. The van der Waals surface area contributed by atoms with Gasteiger partial charge < -0.3 is 0 Å². The first kappa shape index (κ1) is 15.4. The van der Waals surface area contributed by atoms with Crippen LogP contribution >= 0.6 is 15.9 Å². The van der Waals surface area contributed by atoms with Crippen LogP contribution in [0.4, 0.5) is 0 Å². The molecule has 0 heterocycles. The lowest BCUT2D eigenvalue weighted by molar-refractivity contribution is -0.156. The number of rotatable bonds is 0. The van der Waals surface area contributed by atoms with Crippen molar-refractivity contribution in [1.82, 2.24) is 0 Å². The van der Waals surface area contributed by atoms with Gasteiger partial charge in [0.15, 0.2) is 5.78 Å². The minimum absolute atomic E-state index is 0.0296. The van der Waals surface area contributed by atoms with Gasteiger partial charge >= 0.3 is 0 Å². The lowest BCUT2D eigenvalue weighted by Crippen LogP contribution is -2.60. The van der Waals surface area contributed by atoms with Crippen LogP contribution in [0, 0.1) is 34.5 Å². The van der Waals surface area contributed by atoms with Crippen molar-refractivity contribution in [3.63, 3.8) is 0 Å². The van der Waals surface area contributed by atoms with E-state index in [2.05, 4.69) is 29.8 Å². The van der Waals surface area contributed by atoms with E-state index in [1.807, 2.05) is 0 Å². The predicted molar refractivity (Wildman–Crippen MR) is 89.8 cm³/mol. The highest BCUT2D eigenvalue weighted by Gasteiger charge is 2.64. The maximum Gasteiger partial charge on any atom is 0.150 e. The van der Waals surface area contributed by atoms with Crippen molar-refractivity contribution in [3.05, 3.63) is 0 Å². The molecule has 4 fully saturated rings. The standard InChI is InChI=1S/C19H27BrO2/c1-18-9-7-12(21)10-11(18)5-6-13-14-4-3-8-19(14,2)17(20)16(22)15(13)18/h11,13-15,17H,3-10H2,1-2H3/t11-,13-,14-,15+,17-,18-,19-/m0/s1. The van der Waals surface area contributed by atoms with Crippen molar-refractivity contribution in [2.24, 2.45) is 34.5 Å². The van der Waals surface area contributed by atoms with E-state index in [9.17, 15) is 9.59 Å². The van der Waals surface area contributed by atoms with Crippen molar-refractivity contribution in [1.29, 1.82) is 0 Å². The normalized spacial score (nSPS) is 54.6. The largest absolute Gasteiger partial charge is 0.300 e. The van der Waals surface area contributed by atoms with Gasteiger partial charge in [-0.25, -0.2) is 0 Å². The van der Waals surface area contributed by atoms with Crippen molar-refractivity contribution < 1.29 is 9.59 Å². The maximum absolute atomic E-state index is 13.3. The molecule has 2 nitrogen and oxygen atoms in total. The predicted octanol–water partition coefficient (Wildman–Crippen LogP) is 4.54. The van der Waals surface area contributed by atoms with Crippen LogP contribution in [-0.2, 0) is 9.59 Å². The van der Waals surface area contributed by atoms with Gasteiger partial charge in [-0.1, -0.05) is 36.2 Å². The third-order valence-electron chi connectivity index (χ3n) is 8.07. The minimum Gasteiger partial charge on any atom is -0.300 e. The van der Waals surface area contributed by atoms with E-state index in [0.717, 1.165) is 19.3 Å². The van der Waals surface area contributed by atoms with Gasteiger partial charge in [-0.2, -0.15) is 0 Å². The van der Waals surface area contributed by atoms with E-state index in [1.54, 1.807) is 0 Å². The highest BCUT2D eigenvalue weighted by Crippen LogP contribution is 2.65. The zero-order chi connectivity index (χ0) is 15.7. The molecule has 0 N–H and O–H groups in total. The Morgan fingerprint density at radius 1 is 1.05 bits per heavy atom. The zero-order valence-electron chi connectivity index (χ0n) is 13.7. The Kier molecular flexibility index (Phi) is 3.43. The fourth-order valence-corrected chi connectivity index (χ4v) is 7.65. The van der Waals surface area contributed by atoms with Gasteiger partial charge in [0.25, 0.3) is 0 Å². The van der Waals surface area contributed by atoms with Gasteiger partial charge in [-0.15, -0.1) is 0 Å². The fourth-order valence-electron chi connectivity index (χ4n) is 6.80. The summed E-state index contributed by atoms with van der Waals surface area (Å²) in [6, 6.07) is 0. The topological polar surface area (TPSA) is 34.1 Å². The Balaban J connectivity index is 1.74. The maximum atomic E-state index is 13.3. The molecule has 0 aromatic rings. The molecular weight excluding hydrogens is 340 g/mol. The highest BCUT2D eigenvalue weighted by molar-refractivity contribution is 9.10. The monoisotopic (exact) mass is 366 g/mol. The van der Waals surface area contributed by atoms with Crippen LogP contribution in [0.3, 0.4) is 0 Å². The first-order valence-electron chi connectivity index (χ1n) is 9.07. The molecule has 0 aliphatic heterocycles. The average molecular weight is 367 g/mol. The van der Waals surface area contributed by atoms with Crippen molar-refractivity contribution in [3.8, 4) is 0 Å². The van der Waals surface area contributed by atoms with E-state index >= 15 is 0 Å². The average Bonchev–Trinajstić information content (AvgIpc) is 2.88. The second-order valence-electron chi connectivity index (χ2n) is 8.93. The molecular formula is C19H27BrO2. The van der Waals surface area contributed by atoms with Crippen LogP contribution in [0.15, 0.2) is 0 Å². The lowest BCUT2D eigenvalue weighted by atomic mass is 9.45. The Labute approximate surface area is 141 Å². The van der Waals surface area contributed by atoms with E-state index in [4.69, 9.17) is 0 Å². The van der Waals surface area contributed by atoms with Crippen molar-refractivity contribution >= 4 is 27.5 Å². The third kappa shape index (κ3) is 1.84. The number of hydrogen-bond donors (Lipinski definition) is 0. The number of alkyl halides is 1. The molecule has 0 spiro atoms. The molecule has 3 heteroatoms. The molecule has 7 atom stereocenters. The van der Waals surface area contributed by atoms with E-state index in [-0.39, 0.29) is 21.6 Å². The second-order valence-corrected chi connectivity index (χ2v) is 9.85. The zero-order valence-corrected chi connectivity index (χ0v) is 15.3. The van der Waals surface area contributed by atoms with Crippen molar-refractivity contribution in [2.45, 2.75) is 70.0 Å². The Hall–Kier alpha value is -0.180. The van der Waals surface area contributed by atoms with Crippen LogP contribution in [0.25, 0.3) is 0 Å². The Morgan fingerprint density at radius 2 is 1.82 bits per heavy atom. The quantitative estimate of drug-likeness (QED) is 0.589. The number of hydrogen-bond acceptors (Lipinski definition) is 2. The van der Waals surface area contributed by atoms with E-state index in [0.29, 0.717) is 35.7 Å². The number of Topliss-reactive ketones (excluding diaryl/α,β-unsaturated/α-hetero) is 2. The smallest absolute Gasteiger partial charge is 0.150 e. The van der Waals surface area contributed by atoms with Gasteiger partial charge in [-0.05, 0) is 60.7 Å². The Bertz CT molecular complexity index is 530. The molecule has 4 saturated carbocycles. The number of halogens is 1. The molecule has 22 heavy (non-hydrogen) atoms. The van der Waals surface area contributed by atoms with Gasteiger partial charge in [0, 0.05) is 18.8 Å². The summed E-state index contributed by atoms with van der Waals surface area (Å²) in [6.07, 6.45) is 8.46. The Morgan fingerprint density at radius 3 is 2.59 bits per heavy atom. The number of fused-ring (bicyclic) bond motifs is 5. The first-order valence-corrected chi connectivity index (χ1v) is 9.99. The summed E-state index contributed by atoms with van der Waals surface area (Å²) in [5.74, 6) is 2.81. The summed E-state index contributed by atoms with van der Waals surface area (Å²) in [7, 11) is 0. The summed E-state index contributed by atoms with van der Waals surface area (Å²) in [6.45, 7) is 4.67. The molecule has 0 saturated heterocycles. The molecule has 0 radical (unpaired) electrons. The molecule has 4 rings (SSSR count). The molecule has 0 unspecified atom stereocenters. The number of carbonyl (C=O) groups is 2. The molecule has 0 amide bonds. The molecule has 0 bridgehead atoms. The lowest BCUT2D eigenvalue weighted by Gasteiger charge is -2.59. The van der Waals surface area contributed by atoms with E-state index < -0.39 is 0 Å². The summed E-state index contributed by atoms with van der Waals surface area (Å²) >= 11 is 3.81. The SMILES string of the molecule is C[C@]12CCC(=O)C[C@@H]1CC[C@H]1[C@@H]3CCC[C@]3(C)[C@@H](Br)C(=O)[C@@H]12. The van der Waals surface area contributed by atoms with Crippen LogP contribution in [0.5, 0.6) is 0 Å². The minimum atomic E-state index is 0.0296. The summed E-state index contributed by atoms with van der Waals surface area (Å²) in [5.41, 5.74) is 0.246. The summed E-state index contributed by atoms with van der Waals surface area (Å²) < 4.78 is 0. The first-order chi connectivity index (χ1) is 10.4. The molecule has 0 aromatic carbocycles. The van der Waals surface area contributed by atoms with Crippen molar-refractivity contribution in [2.75, 3.05) is 0 Å². The van der Waals surface area contributed by atoms with Gasteiger partial charge in [0.05, 0.1) is 4.83 Å². The van der Waals surface area contributed by atoms with Crippen LogP contribution in [0.2, 0.25) is 0 Å².